The van der Waals surface area contributed by atoms with E-state index < -0.39 is 0 Å². The van der Waals surface area contributed by atoms with Gasteiger partial charge < -0.3 is 25.3 Å². The van der Waals surface area contributed by atoms with Gasteiger partial charge in [0, 0.05) is 53.6 Å². The highest BCUT2D eigenvalue weighted by Crippen LogP contribution is 2.35. The Balaban J connectivity index is 1.45. The van der Waals surface area contributed by atoms with Crippen LogP contribution < -0.4 is 10.6 Å². The number of hydrogen-bond acceptors (Lipinski definition) is 6. The Morgan fingerprint density at radius 3 is 2.63 bits per heavy atom. The summed E-state index contributed by atoms with van der Waals surface area (Å²) in [4.78, 5) is 26.9. The van der Waals surface area contributed by atoms with E-state index in [9.17, 15) is 9.59 Å². The first-order valence-corrected chi connectivity index (χ1v) is 11.6. The van der Waals surface area contributed by atoms with Gasteiger partial charge in [-0.3, -0.25) is 14.5 Å². The molecule has 35 heavy (non-hydrogen) atoms. The number of hydrogen-bond donors (Lipinski definition) is 4. The zero-order chi connectivity index (χ0) is 24.8. The number of nitrogens with zero attached hydrogens (tertiary/aromatic N) is 1. The van der Waals surface area contributed by atoms with Crippen molar-refractivity contribution in [1.82, 2.24) is 10.2 Å². The summed E-state index contributed by atoms with van der Waals surface area (Å²) in [6, 6.07) is 15.8. The van der Waals surface area contributed by atoms with Gasteiger partial charge in [0.05, 0.1) is 18.8 Å². The van der Waals surface area contributed by atoms with E-state index in [1.165, 1.54) is 0 Å². The summed E-state index contributed by atoms with van der Waals surface area (Å²) in [6.07, 6.45) is 1.67. The number of carbonyl (C=O) groups is 2. The molecule has 1 aliphatic rings. The van der Waals surface area contributed by atoms with E-state index in [-0.39, 0.29) is 25.0 Å². The van der Waals surface area contributed by atoms with E-state index in [2.05, 4.69) is 10.6 Å². The quantitative estimate of drug-likeness (QED) is 0.321. The van der Waals surface area contributed by atoms with E-state index >= 15 is 0 Å². The summed E-state index contributed by atoms with van der Waals surface area (Å²) in [7, 11) is 0. The zero-order valence-electron chi connectivity index (χ0n) is 19.0. The minimum absolute atomic E-state index is 0.0112. The maximum Gasteiger partial charge on any atom is 0.256 e. The first-order valence-electron chi connectivity index (χ1n) is 11.2. The van der Waals surface area contributed by atoms with Crippen molar-refractivity contribution < 1.29 is 24.2 Å². The molecule has 0 atom stereocenters. The summed E-state index contributed by atoms with van der Waals surface area (Å²) >= 11 is 6.09. The first kappa shape index (κ1) is 24.7. The van der Waals surface area contributed by atoms with Crippen molar-refractivity contribution in [2.24, 2.45) is 0 Å². The number of halogens is 1. The molecule has 8 nitrogen and oxygen atoms in total. The molecule has 0 unspecified atom stereocenters. The van der Waals surface area contributed by atoms with E-state index in [1.807, 2.05) is 11.0 Å². The molecule has 0 radical (unpaired) electrons. The average Bonchev–Trinajstić information content (AvgIpc) is 3.44. The molecule has 0 aliphatic carbocycles. The Morgan fingerprint density at radius 1 is 1.06 bits per heavy atom. The molecule has 0 bridgehead atoms. The van der Waals surface area contributed by atoms with Gasteiger partial charge in [-0.25, -0.2) is 0 Å². The van der Waals surface area contributed by atoms with Gasteiger partial charge in [-0.05, 0) is 48.5 Å². The molecule has 3 aromatic rings. The molecule has 9 heteroatoms. The van der Waals surface area contributed by atoms with Gasteiger partial charge >= 0.3 is 0 Å². The molecule has 2 heterocycles. The second-order valence-electron chi connectivity index (χ2n) is 8.03. The summed E-state index contributed by atoms with van der Waals surface area (Å²) in [5.74, 6) is 0.606. The second-order valence-corrected chi connectivity index (χ2v) is 8.47. The maximum atomic E-state index is 12.6. The summed E-state index contributed by atoms with van der Waals surface area (Å²) in [5.41, 5.74) is 3.09. The van der Waals surface area contributed by atoms with Crippen molar-refractivity contribution in [3.63, 3.8) is 0 Å². The minimum Gasteiger partial charge on any atom is -0.457 e. The molecule has 2 amide bonds. The number of aliphatic hydroxyl groups excluding tert-OH is 2. The summed E-state index contributed by atoms with van der Waals surface area (Å²) < 4.78 is 5.95. The Hall–Kier alpha value is -3.43. The highest BCUT2D eigenvalue weighted by Gasteiger charge is 2.24. The average molecular weight is 496 g/mol. The number of amides is 2. The van der Waals surface area contributed by atoms with E-state index in [4.69, 9.17) is 26.2 Å². The zero-order valence-corrected chi connectivity index (χ0v) is 19.7. The first-order chi connectivity index (χ1) is 17.0. The van der Waals surface area contributed by atoms with E-state index in [0.717, 1.165) is 11.1 Å². The van der Waals surface area contributed by atoms with Crippen LogP contribution in [0, 0.1) is 0 Å². The Kier molecular flexibility index (Phi) is 7.99. The smallest absolute Gasteiger partial charge is 0.256 e. The number of nitrogens with one attached hydrogen (secondary N) is 2. The Morgan fingerprint density at radius 2 is 1.86 bits per heavy atom. The third-order valence-corrected chi connectivity index (χ3v) is 5.87. The van der Waals surface area contributed by atoms with Crippen LogP contribution in [0.1, 0.15) is 21.7 Å². The molecular weight excluding hydrogens is 470 g/mol. The lowest BCUT2D eigenvalue weighted by atomic mass is 10.1. The number of furan rings is 1. The fourth-order valence-corrected chi connectivity index (χ4v) is 4.07. The molecular formula is C26H26ClN3O5. The highest BCUT2D eigenvalue weighted by atomic mass is 35.5. The molecule has 0 saturated heterocycles. The Bertz CT molecular complexity index is 1250. The van der Waals surface area contributed by atoms with Crippen LogP contribution in [-0.4, -0.2) is 66.3 Å². The van der Waals surface area contributed by atoms with Crippen LogP contribution in [0.15, 0.2) is 59.0 Å². The molecule has 0 fully saturated rings. The maximum absolute atomic E-state index is 12.6. The largest absolute Gasteiger partial charge is 0.457 e. The number of aliphatic hydroxyl groups is 2. The molecule has 182 valence electrons. The molecule has 0 saturated carbocycles. The van der Waals surface area contributed by atoms with Gasteiger partial charge in [0.15, 0.2) is 0 Å². The van der Waals surface area contributed by atoms with Crippen molar-refractivity contribution >= 4 is 40.8 Å². The van der Waals surface area contributed by atoms with E-state index in [0.29, 0.717) is 59.5 Å². The van der Waals surface area contributed by atoms with Crippen LogP contribution in [-0.2, 0) is 4.79 Å². The van der Waals surface area contributed by atoms with Crippen LogP contribution in [0.2, 0.25) is 5.02 Å². The summed E-state index contributed by atoms with van der Waals surface area (Å²) in [5, 5.41) is 24.4. The van der Waals surface area contributed by atoms with Gasteiger partial charge in [-0.1, -0.05) is 23.7 Å². The lowest BCUT2D eigenvalue weighted by Crippen LogP contribution is -2.37. The second kappa shape index (κ2) is 11.3. The van der Waals surface area contributed by atoms with Crippen LogP contribution in [0.5, 0.6) is 0 Å². The van der Waals surface area contributed by atoms with Crippen molar-refractivity contribution in [3.05, 3.63) is 76.5 Å². The third kappa shape index (κ3) is 5.98. The van der Waals surface area contributed by atoms with E-state index in [1.54, 1.807) is 54.6 Å². The minimum atomic E-state index is -0.232. The lowest BCUT2D eigenvalue weighted by molar-refractivity contribution is -0.110. The SMILES string of the molecule is O=C1Nc2ccc(Cl)cc2/C1=C\c1ccc(-c2cccc(C(=O)NCCN(CCO)CCO)c2)o1. The predicted molar refractivity (Wildman–Crippen MR) is 135 cm³/mol. The van der Waals surface area contributed by atoms with Crippen LogP contribution >= 0.6 is 11.6 Å². The number of benzene rings is 2. The molecule has 4 N–H and O–H groups in total. The van der Waals surface area contributed by atoms with Crippen LogP contribution in [0.25, 0.3) is 23.0 Å². The number of anilines is 1. The van der Waals surface area contributed by atoms with Gasteiger partial charge in [0.25, 0.3) is 11.8 Å². The fraction of sp³-hybridized carbons (Fsp3) is 0.231. The highest BCUT2D eigenvalue weighted by molar-refractivity contribution is 6.36. The fourth-order valence-electron chi connectivity index (χ4n) is 3.89. The topological polar surface area (TPSA) is 115 Å². The molecule has 0 spiro atoms. The predicted octanol–water partition coefficient (Wildman–Crippen LogP) is 3.11. The van der Waals surface area contributed by atoms with Gasteiger partial charge in [0.2, 0.25) is 0 Å². The monoisotopic (exact) mass is 495 g/mol. The Labute approximate surface area is 207 Å². The van der Waals surface area contributed by atoms with Crippen LogP contribution in [0.4, 0.5) is 5.69 Å². The summed E-state index contributed by atoms with van der Waals surface area (Å²) in [6.45, 7) is 1.75. The van der Waals surface area contributed by atoms with Gasteiger partial charge in [-0.2, -0.15) is 0 Å². The van der Waals surface area contributed by atoms with Crippen molar-refractivity contribution in [1.29, 1.82) is 0 Å². The standard InChI is InChI=1S/C26H26ClN3O5/c27-19-4-6-23-21(15-19)22(26(34)29-23)16-20-5-7-24(35-20)17-2-1-3-18(14-17)25(33)28-8-9-30(10-12-31)11-13-32/h1-7,14-16,31-32H,8-13H2,(H,28,33)(H,29,34)/b22-16+. The molecule has 4 rings (SSSR count). The van der Waals surface area contributed by atoms with Crippen molar-refractivity contribution in [2.75, 3.05) is 44.7 Å². The molecule has 2 aromatic carbocycles. The number of carbonyl (C=O) groups excluding carboxylic acids is 2. The number of fused-ring (bicyclic) bond motifs is 1. The van der Waals surface area contributed by atoms with Crippen molar-refractivity contribution in [2.45, 2.75) is 0 Å². The third-order valence-electron chi connectivity index (χ3n) is 5.63. The normalized spacial score (nSPS) is 13.8. The van der Waals surface area contributed by atoms with Crippen molar-refractivity contribution in [3.8, 4) is 11.3 Å². The van der Waals surface area contributed by atoms with Crippen LogP contribution in [0.3, 0.4) is 0 Å². The lowest BCUT2D eigenvalue weighted by Gasteiger charge is -2.20. The number of rotatable bonds is 10. The van der Waals surface area contributed by atoms with Gasteiger partial charge in [0.1, 0.15) is 11.5 Å². The molecule has 1 aliphatic heterocycles. The molecule has 1 aromatic heterocycles. The van der Waals surface area contributed by atoms with Gasteiger partial charge in [-0.15, -0.1) is 0 Å².